The van der Waals surface area contributed by atoms with Crippen LogP contribution in [0, 0.1) is 0 Å². The summed E-state index contributed by atoms with van der Waals surface area (Å²) in [5, 5.41) is 3.83. The molecule has 0 aliphatic heterocycles. The van der Waals surface area contributed by atoms with E-state index < -0.39 is 17.1 Å². The molecule has 15 heavy (non-hydrogen) atoms. The van der Waals surface area contributed by atoms with Gasteiger partial charge >= 0.3 is 0 Å². The van der Waals surface area contributed by atoms with E-state index in [4.69, 9.17) is 0 Å². The zero-order chi connectivity index (χ0) is 11.7. The molecule has 5 nitrogen and oxygen atoms in total. The molecule has 6 heteroatoms. The first-order valence-electron chi connectivity index (χ1n) is 4.41. The Hall–Kier alpha value is -1.30. The van der Waals surface area contributed by atoms with Crippen LogP contribution in [0.1, 0.15) is 6.92 Å². The van der Waals surface area contributed by atoms with E-state index in [1.807, 2.05) is 6.92 Å². The summed E-state index contributed by atoms with van der Waals surface area (Å²) >= 11 is 1.19. The van der Waals surface area contributed by atoms with Gasteiger partial charge in [0.1, 0.15) is 5.37 Å². The second kappa shape index (κ2) is 8.05. The van der Waals surface area contributed by atoms with Crippen molar-refractivity contribution in [2.75, 3.05) is 12.3 Å². The molecule has 0 aliphatic carbocycles. The summed E-state index contributed by atoms with van der Waals surface area (Å²) in [6.45, 7) is 5.47. The maximum Gasteiger partial charge on any atom is 0.290 e. The predicted molar refractivity (Wildman–Crippen MR) is 59.3 cm³/mol. The number of carbonyl (C=O) groups is 3. The van der Waals surface area contributed by atoms with Crippen molar-refractivity contribution in [1.82, 2.24) is 10.6 Å². The average Bonchev–Trinajstić information content (AvgIpc) is 2.24. The highest BCUT2D eigenvalue weighted by Gasteiger charge is 2.23. The van der Waals surface area contributed by atoms with Crippen LogP contribution in [-0.4, -0.2) is 35.8 Å². The predicted octanol–water partition coefficient (Wildman–Crippen LogP) is -0.317. The summed E-state index contributed by atoms with van der Waals surface area (Å²) in [5.74, 6) is -0.739. The number of Topliss-reactive ketones (excluding diaryl/α,β-unsaturated/α-hetero) is 1. The van der Waals surface area contributed by atoms with E-state index in [2.05, 4.69) is 17.2 Å². The Morgan fingerprint density at radius 3 is 2.67 bits per heavy atom. The third-order valence-electron chi connectivity index (χ3n) is 1.42. The molecule has 2 amide bonds. The van der Waals surface area contributed by atoms with Crippen LogP contribution in [0.15, 0.2) is 12.7 Å². The van der Waals surface area contributed by atoms with Gasteiger partial charge in [-0.25, -0.2) is 0 Å². The number of carbonyl (C=O) groups excluding carboxylic acids is 3. The van der Waals surface area contributed by atoms with Crippen LogP contribution >= 0.6 is 11.8 Å². The summed E-state index contributed by atoms with van der Waals surface area (Å²) in [7, 11) is 0. The van der Waals surface area contributed by atoms with E-state index >= 15 is 0 Å². The monoisotopic (exact) mass is 230 g/mol. The van der Waals surface area contributed by atoms with Gasteiger partial charge in [-0.15, -0.1) is 18.3 Å². The minimum Gasteiger partial charge on any atom is -0.346 e. The Balaban J connectivity index is 4.27. The van der Waals surface area contributed by atoms with Crippen LogP contribution in [0.2, 0.25) is 0 Å². The van der Waals surface area contributed by atoms with Crippen LogP contribution < -0.4 is 10.6 Å². The lowest BCUT2D eigenvalue weighted by Gasteiger charge is -2.12. The highest BCUT2D eigenvalue weighted by molar-refractivity contribution is 8.00. The molecular weight excluding hydrogens is 216 g/mol. The Morgan fingerprint density at radius 1 is 1.53 bits per heavy atom. The first-order chi connectivity index (χ1) is 7.17. The molecule has 0 fully saturated rings. The second-order valence-electron chi connectivity index (χ2n) is 2.48. The van der Waals surface area contributed by atoms with Crippen molar-refractivity contribution in [2.45, 2.75) is 12.3 Å². The Bertz CT molecular complexity index is 256. The molecule has 0 aromatic rings. The van der Waals surface area contributed by atoms with E-state index in [-0.39, 0.29) is 6.54 Å². The second-order valence-corrected chi connectivity index (χ2v) is 3.86. The largest absolute Gasteiger partial charge is 0.346 e. The van der Waals surface area contributed by atoms with E-state index in [9.17, 15) is 14.4 Å². The Kier molecular flexibility index (Phi) is 7.35. The number of ketones is 1. The number of hydrogen-bond acceptors (Lipinski definition) is 4. The van der Waals surface area contributed by atoms with Crippen LogP contribution in [-0.2, 0) is 14.4 Å². The van der Waals surface area contributed by atoms with Crippen molar-refractivity contribution in [3.63, 3.8) is 0 Å². The first-order valence-corrected chi connectivity index (χ1v) is 5.46. The lowest BCUT2D eigenvalue weighted by atomic mass is 10.3. The molecule has 0 heterocycles. The summed E-state index contributed by atoms with van der Waals surface area (Å²) in [6, 6.07) is 0. The number of hydrogen-bond donors (Lipinski definition) is 2. The van der Waals surface area contributed by atoms with Crippen molar-refractivity contribution in [2.24, 2.45) is 0 Å². The van der Waals surface area contributed by atoms with Gasteiger partial charge in [0.2, 0.25) is 6.41 Å². The minimum absolute atomic E-state index is 0.231. The third kappa shape index (κ3) is 5.21. The third-order valence-corrected chi connectivity index (χ3v) is 2.44. The van der Waals surface area contributed by atoms with Gasteiger partial charge in [0.15, 0.2) is 0 Å². The summed E-state index contributed by atoms with van der Waals surface area (Å²) in [4.78, 5) is 32.9. The average molecular weight is 230 g/mol. The van der Waals surface area contributed by atoms with Crippen molar-refractivity contribution in [3.8, 4) is 0 Å². The van der Waals surface area contributed by atoms with E-state index in [0.29, 0.717) is 12.2 Å². The molecule has 0 aliphatic rings. The summed E-state index contributed by atoms with van der Waals surface area (Å²) in [6.07, 6.45) is 1.88. The fourth-order valence-corrected chi connectivity index (χ4v) is 1.54. The molecule has 84 valence electrons. The molecule has 0 saturated heterocycles. The van der Waals surface area contributed by atoms with Gasteiger partial charge in [-0.1, -0.05) is 13.0 Å². The fourth-order valence-electron chi connectivity index (χ4n) is 0.799. The van der Waals surface area contributed by atoms with E-state index in [1.165, 1.54) is 17.8 Å². The first kappa shape index (κ1) is 13.7. The molecular formula is C9H14N2O3S. The molecule has 1 atom stereocenters. The maximum atomic E-state index is 11.4. The van der Waals surface area contributed by atoms with Crippen LogP contribution in [0.25, 0.3) is 0 Å². The molecule has 2 N–H and O–H groups in total. The van der Waals surface area contributed by atoms with Gasteiger partial charge in [0.25, 0.3) is 11.7 Å². The molecule has 0 aromatic heterocycles. The normalized spacial score (nSPS) is 11.3. The SMILES string of the molecule is C=CCNC(=O)C(=O)C(NC=O)SCC. The lowest BCUT2D eigenvalue weighted by molar-refractivity contribution is -0.138. The molecule has 0 saturated carbocycles. The van der Waals surface area contributed by atoms with E-state index in [0.717, 1.165) is 0 Å². The smallest absolute Gasteiger partial charge is 0.290 e. The van der Waals surface area contributed by atoms with Crippen LogP contribution in [0.3, 0.4) is 0 Å². The number of rotatable bonds is 8. The number of nitrogens with one attached hydrogen (secondary N) is 2. The van der Waals surface area contributed by atoms with Crippen molar-refractivity contribution < 1.29 is 14.4 Å². The van der Waals surface area contributed by atoms with E-state index in [1.54, 1.807) is 0 Å². The summed E-state index contributed by atoms with van der Waals surface area (Å²) in [5.41, 5.74) is 0. The highest BCUT2D eigenvalue weighted by atomic mass is 32.2. The van der Waals surface area contributed by atoms with Gasteiger partial charge in [0.05, 0.1) is 0 Å². The van der Waals surface area contributed by atoms with Crippen LogP contribution in [0.4, 0.5) is 0 Å². The molecule has 0 aromatic carbocycles. The van der Waals surface area contributed by atoms with Crippen molar-refractivity contribution >= 4 is 29.9 Å². The summed E-state index contributed by atoms with van der Waals surface area (Å²) < 4.78 is 0. The quantitative estimate of drug-likeness (QED) is 0.259. The van der Waals surface area contributed by atoms with Crippen molar-refractivity contribution in [1.29, 1.82) is 0 Å². The standard InChI is InChI=1S/C9H14N2O3S/c1-3-5-10-8(14)7(13)9(11-6-12)15-4-2/h3,6,9H,1,4-5H2,2H3,(H,10,14)(H,11,12). The molecule has 0 radical (unpaired) electrons. The number of thioether (sulfide) groups is 1. The van der Waals surface area contributed by atoms with Gasteiger partial charge in [-0.05, 0) is 5.75 Å². The van der Waals surface area contributed by atoms with Gasteiger partial charge < -0.3 is 10.6 Å². The highest BCUT2D eigenvalue weighted by Crippen LogP contribution is 2.07. The number of amides is 2. The lowest BCUT2D eigenvalue weighted by Crippen LogP contribution is -2.43. The fraction of sp³-hybridized carbons (Fsp3) is 0.444. The Morgan fingerprint density at radius 2 is 2.20 bits per heavy atom. The topological polar surface area (TPSA) is 75.3 Å². The van der Waals surface area contributed by atoms with Gasteiger partial charge in [-0.3, -0.25) is 14.4 Å². The molecule has 0 spiro atoms. The molecule has 0 rings (SSSR count). The molecule has 0 bridgehead atoms. The van der Waals surface area contributed by atoms with Gasteiger partial charge in [0, 0.05) is 6.54 Å². The molecule has 1 unspecified atom stereocenters. The maximum absolute atomic E-state index is 11.4. The van der Waals surface area contributed by atoms with Crippen LogP contribution in [0.5, 0.6) is 0 Å². The zero-order valence-electron chi connectivity index (χ0n) is 8.49. The zero-order valence-corrected chi connectivity index (χ0v) is 9.30. The van der Waals surface area contributed by atoms with Gasteiger partial charge in [-0.2, -0.15) is 0 Å². The van der Waals surface area contributed by atoms with Crippen molar-refractivity contribution in [3.05, 3.63) is 12.7 Å². The Labute approximate surface area is 92.7 Å². The minimum atomic E-state index is -0.808.